The Hall–Kier alpha value is -3.45. The van der Waals surface area contributed by atoms with Gasteiger partial charge in [0.25, 0.3) is 0 Å². The van der Waals surface area contributed by atoms with Gasteiger partial charge in [0, 0.05) is 5.56 Å². The zero-order chi connectivity index (χ0) is 27.9. The number of hydrogen-bond donors (Lipinski definition) is 0. The molecular weight excluding hydrogens is 460 g/mol. The van der Waals surface area contributed by atoms with Gasteiger partial charge in [-0.1, -0.05) is 135 Å². The number of carbonyl (C=O) groups is 1. The Morgan fingerprint density at radius 3 is 0.974 bits per heavy atom. The molecule has 196 valence electrons. The first-order chi connectivity index (χ1) is 17.7. The van der Waals surface area contributed by atoms with Crippen LogP contribution in [0.25, 0.3) is 33.4 Å². The van der Waals surface area contributed by atoms with Crippen LogP contribution in [0.1, 0.15) is 89.4 Å². The second kappa shape index (κ2) is 10.0. The summed E-state index contributed by atoms with van der Waals surface area (Å²) >= 11 is 0. The van der Waals surface area contributed by atoms with Gasteiger partial charge in [-0.15, -0.1) is 0 Å². The van der Waals surface area contributed by atoms with Gasteiger partial charge in [-0.05, 0) is 78.4 Å². The number of carbonyl (C=O) groups excluding carboxylic acids is 1. The van der Waals surface area contributed by atoms with Crippen LogP contribution in [0.15, 0.2) is 84.9 Å². The van der Waals surface area contributed by atoms with Gasteiger partial charge in [-0.25, -0.2) is 0 Å². The van der Waals surface area contributed by atoms with Crippen LogP contribution in [0.5, 0.6) is 0 Å². The van der Waals surface area contributed by atoms with Crippen LogP contribution in [0, 0.1) is 0 Å². The van der Waals surface area contributed by atoms with Gasteiger partial charge in [-0.2, -0.15) is 0 Å². The maximum atomic E-state index is 12.7. The summed E-state index contributed by atoms with van der Waals surface area (Å²) in [4.78, 5) is 12.7. The third-order valence-electron chi connectivity index (χ3n) is 7.51. The molecule has 0 bridgehead atoms. The summed E-state index contributed by atoms with van der Waals surface area (Å²) in [6, 6.07) is 30.6. The highest BCUT2D eigenvalue weighted by Gasteiger charge is 2.19. The SMILES string of the molecule is CC(C)(C)c1ccc(-c2cc(-c3ccc(C(C)(C)C)cc3)c(C=O)c(-c3ccc(C(C)(C)C)cc3)c2)cc1. The van der Waals surface area contributed by atoms with Crippen molar-refractivity contribution in [1.82, 2.24) is 0 Å². The molecule has 0 aliphatic heterocycles. The molecule has 0 spiro atoms. The molecule has 4 aromatic rings. The summed E-state index contributed by atoms with van der Waals surface area (Å²) in [5.41, 5.74) is 11.1. The zero-order valence-corrected chi connectivity index (χ0v) is 24.6. The fraction of sp³-hybridized carbons (Fsp3) is 0.324. The van der Waals surface area contributed by atoms with E-state index in [2.05, 4.69) is 147 Å². The molecule has 0 fully saturated rings. The molecule has 4 aromatic carbocycles. The molecule has 0 saturated heterocycles. The number of rotatable bonds is 4. The Morgan fingerprint density at radius 1 is 0.421 bits per heavy atom. The Kier molecular flexibility index (Phi) is 7.28. The van der Waals surface area contributed by atoms with Gasteiger partial charge >= 0.3 is 0 Å². The van der Waals surface area contributed by atoms with Gasteiger partial charge in [0.1, 0.15) is 0 Å². The lowest BCUT2D eigenvalue weighted by Crippen LogP contribution is -2.10. The van der Waals surface area contributed by atoms with E-state index in [1.807, 2.05) is 0 Å². The zero-order valence-electron chi connectivity index (χ0n) is 24.6. The second-order valence-electron chi connectivity index (χ2n) is 13.6. The van der Waals surface area contributed by atoms with E-state index in [1.165, 1.54) is 16.7 Å². The summed E-state index contributed by atoms with van der Waals surface area (Å²) in [7, 11) is 0. The van der Waals surface area contributed by atoms with Crippen LogP contribution >= 0.6 is 0 Å². The normalized spacial score (nSPS) is 12.4. The molecule has 0 saturated carbocycles. The second-order valence-corrected chi connectivity index (χ2v) is 13.6. The molecule has 0 atom stereocenters. The molecule has 0 N–H and O–H groups in total. The molecule has 1 heteroatoms. The maximum absolute atomic E-state index is 12.7. The van der Waals surface area contributed by atoms with E-state index < -0.39 is 0 Å². The van der Waals surface area contributed by atoms with Crippen molar-refractivity contribution in [1.29, 1.82) is 0 Å². The molecular formula is C37H42O. The van der Waals surface area contributed by atoms with Crippen LogP contribution in [-0.2, 0) is 16.2 Å². The molecule has 0 aliphatic rings. The van der Waals surface area contributed by atoms with Crippen molar-refractivity contribution in [3.63, 3.8) is 0 Å². The Morgan fingerprint density at radius 2 is 0.711 bits per heavy atom. The van der Waals surface area contributed by atoms with E-state index in [9.17, 15) is 4.79 Å². The molecule has 0 aliphatic carbocycles. The first-order valence-electron chi connectivity index (χ1n) is 13.6. The molecule has 1 nitrogen and oxygen atoms in total. The smallest absolute Gasteiger partial charge is 0.151 e. The fourth-order valence-corrected chi connectivity index (χ4v) is 4.89. The monoisotopic (exact) mass is 502 g/mol. The van der Waals surface area contributed by atoms with Gasteiger partial charge in [0.15, 0.2) is 6.29 Å². The van der Waals surface area contributed by atoms with E-state index in [0.717, 1.165) is 45.2 Å². The van der Waals surface area contributed by atoms with E-state index >= 15 is 0 Å². The van der Waals surface area contributed by atoms with Crippen molar-refractivity contribution in [2.45, 2.75) is 78.6 Å². The summed E-state index contributed by atoms with van der Waals surface area (Å²) in [5, 5.41) is 0. The third kappa shape index (κ3) is 5.83. The first-order valence-corrected chi connectivity index (χ1v) is 13.6. The van der Waals surface area contributed by atoms with Crippen LogP contribution in [0.2, 0.25) is 0 Å². The fourth-order valence-electron chi connectivity index (χ4n) is 4.89. The predicted octanol–water partition coefficient (Wildman–Crippen LogP) is 10.4. The largest absolute Gasteiger partial charge is 0.298 e. The van der Waals surface area contributed by atoms with Gasteiger partial charge in [0.2, 0.25) is 0 Å². The number of benzene rings is 4. The number of hydrogen-bond acceptors (Lipinski definition) is 1. The van der Waals surface area contributed by atoms with E-state index in [0.29, 0.717) is 0 Å². The topological polar surface area (TPSA) is 17.1 Å². The van der Waals surface area contributed by atoms with Crippen molar-refractivity contribution < 1.29 is 4.79 Å². The van der Waals surface area contributed by atoms with Crippen molar-refractivity contribution >= 4 is 6.29 Å². The molecule has 4 rings (SSSR count). The summed E-state index contributed by atoms with van der Waals surface area (Å²) in [6.07, 6.45) is 1.02. The average molecular weight is 503 g/mol. The highest BCUT2D eigenvalue weighted by Crippen LogP contribution is 2.38. The predicted molar refractivity (Wildman–Crippen MR) is 164 cm³/mol. The lowest BCUT2D eigenvalue weighted by molar-refractivity contribution is 0.112. The molecule has 0 amide bonds. The quantitative estimate of drug-likeness (QED) is 0.254. The lowest BCUT2D eigenvalue weighted by Gasteiger charge is -2.21. The van der Waals surface area contributed by atoms with Gasteiger partial charge in [0.05, 0.1) is 0 Å². The molecule has 38 heavy (non-hydrogen) atoms. The summed E-state index contributed by atoms with van der Waals surface area (Å²) < 4.78 is 0. The van der Waals surface area contributed by atoms with Crippen molar-refractivity contribution in [2.75, 3.05) is 0 Å². The van der Waals surface area contributed by atoms with Gasteiger partial charge < -0.3 is 0 Å². The molecule has 0 unspecified atom stereocenters. The lowest BCUT2D eigenvalue weighted by atomic mass is 9.83. The van der Waals surface area contributed by atoms with Crippen LogP contribution in [0.3, 0.4) is 0 Å². The summed E-state index contributed by atoms with van der Waals surface area (Å²) in [6.45, 7) is 20.0. The minimum absolute atomic E-state index is 0.0721. The summed E-state index contributed by atoms with van der Waals surface area (Å²) in [5.74, 6) is 0. The van der Waals surface area contributed by atoms with Crippen LogP contribution in [-0.4, -0.2) is 6.29 Å². The van der Waals surface area contributed by atoms with Crippen LogP contribution in [0.4, 0.5) is 0 Å². The third-order valence-corrected chi connectivity index (χ3v) is 7.51. The molecule has 0 aromatic heterocycles. The average Bonchev–Trinajstić information content (AvgIpc) is 2.86. The highest BCUT2D eigenvalue weighted by molar-refractivity contribution is 5.99. The maximum Gasteiger partial charge on any atom is 0.151 e. The molecule has 0 radical (unpaired) electrons. The standard InChI is InChI=1S/C37H42O/c1-35(2,3)29-16-10-25(11-17-29)28-22-32(26-12-18-30(19-13-26)36(4,5)6)34(24-38)33(23-28)27-14-20-31(21-15-27)37(7,8)9/h10-24H,1-9H3. The Balaban J connectivity index is 1.93. The highest BCUT2D eigenvalue weighted by atomic mass is 16.1. The Labute approximate surface area is 230 Å². The van der Waals surface area contributed by atoms with E-state index in [4.69, 9.17) is 0 Å². The van der Waals surface area contributed by atoms with E-state index in [-0.39, 0.29) is 16.2 Å². The first kappa shape index (κ1) is 27.6. The van der Waals surface area contributed by atoms with Crippen molar-refractivity contribution in [2.24, 2.45) is 0 Å². The number of aldehydes is 1. The minimum Gasteiger partial charge on any atom is -0.298 e. The van der Waals surface area contributed by atoms with Crippen LogP contribution < -0.4 is 0 Å². The molecule has 0 heterocycles. The minimum atomic E-state index is 0.0721. The van der Waals surface area contributed by atoms with Crippen molar-refractivity contribution in [3.05, 3.63) is 107 Å². The van der Waals surface area contributed by atoms with Crippen molar-refractivity contribution in [3.8, 4) is 33.4 Å². The van der Waals surface area contributed by atoms with Gasteiger partial charge in [-0.3, -0.25) is 4.79 Å². The van der Waals surface area contributed by atoms with E-state index in [1.54, 1.807) is 0 Å². The Bertz CT molecular complexity index is 1340.